The zero-order chi connectivity index (χ0) is 8.53. The maximum Gasteiger partial charge on any atom is 0.285 e. The van der Waals surface area contributed by atoms with Gasteiger partial charge in [0.05, 0.1) is 12.4 Å². The number of hydrogen-bond acceptors (Lipinski definition) is 0. The summed E-state index contributed by atoms with van der Waals surface area (Å²) in [6.45, 7) is -1.12. The van der Waals surface area contributed by atoms with Gasteiger partial charge in [-0.25, -0.2) is 5.11 Å². The Morgan fingerprint density at radius 2 is 1.40 bits per heavy atom. The van der Waals surface area contributed by atoms with Gasteiger partial charge in [-0.2, -0.15) is 0 Å². The minimum atomic E-state index is -9.26. The van der Waals surface area contributed by atoms with Gasteiger partial charge < -0.3 is 0 Å². The summed E-state index contributed by atoms with van der Waals surface area (Å²) in [5, 5.41) is 9.45. The highest BCUT2D eigenvalue weighted by molar-refractivity contribution is 8.45. The average molecular weight is 185 g/mol. The Bertz CT molecular complexity index is 122. The highest BCUT2D eigenvalue weighted by Gasteiger charge is 2.62. The van der Waals surface area contributed by atoms with Crippen molar-refractivity contribution in [1.29, 1.82) is 0 Å². The van der Waals surface area contributed by atoms with E-state index in [1.54, 1.807) is 0 Å². The first kappa shape index (κ1) is 9.96. The molecule has 7 heteroatoms. The van der Waals surface area contributed by atoms with E-state index in [2.05, 4.69) is 0 Å². The summed E-state index contributed by atoms with van der Waals surface area (Å²) >= 11 is 0. The maximum absolute atomic E-state index is 11.3. The van der Waals surface area contributed by atoms with E-state index in [4.69, 9.17) is 0 Å². The molecule has 0 rings (SSSR count). The molecule has 0 aliphatic rings. The predicted molar refractivity (Wildman–Crippen MR) is 28.2 cm³/mol. The van der Waals surface area contributed by atoms with Gasteiger partial charge in [0.15, 0.2) is 0 Å². The maximum atomic E-state index is 11.3. The summed E-state index contributed by atoms with van der Waals surface area (Å²) < 4.78 is 56.3. The summed E-state index contributed by atoms with van der Waals surface area (Å²) in [7, 11) is -9.26. The zero-order valence-electron chi connectivity index (χ0n) is 4.83. The Balaban J connectivity index is 4.13. The van der Waals surface area contributed by atoms with E-state index in [1.807, 2.05) is 0 Å². The van der Waals surface area contributed by atoms with E-state index in [1.165, 1.54) is 0 Å². The molecular formula is C3H6F5OS. The fourth-order valence-electron chi connectivity index (χ4n) is 0.332. The molecule has 0 aromatic rings. The van der Waals surface area contributed by atoms with Gasteiger partial charge in [-0.3, -0.25) is 0 Å². The van der Waals surface area contributed by atoms with Crippen LogP contribution in [-0.2, 0) is 5.11 Å². The molecule has 0 spiro atoms. The minimum absolute atomic E-state index is 1.04. The van der Waals surface area contributed by atoms with Crippen molar-refractivity contribution in [2.75, 3.05) is 12.4 Å². The molecule has 0 saturated heterocycles. The number of rotatable bonds is 3. The molecular weight excluding hydrogens is 179 g/mol. The Kier molecular flexibility index (Phi) is 1.75. The van der Waals surface area contributed by atoms with Crippen LogP contribution in [-0.4, -0.2) is 12.4 Å². The smallest absolute Gasteiger partial charge is 0.237 e. The van der Waals surface area contributed by atoms with Crippen molar-refractivity contribution < 1.29 is 24.5 Å². The molecule has 0 bridgehead atoms. The fourth-order valence-corrected chi connectivity index (χ4v) is 0.995. The van der Waals surface area contributed by atoms with Crippen molar-refractivity contribution in [1.82, 2.24) is 0 Å². The lowest BCUT2D eigenvalue weighted by Crippen LogP contribution is -2.11. The molecule has 0 amide bonds. The zero-order valence-corrected chi connectivity index (χ0v) is 5.64. The molecule has 0 aromatic heterocycles. The molecule has 10 heavy (non-hydrogen) atoms. The van der Waals surface area contributed by atoms with Crippen LogP contribution in [0.3, 0.4) is 0 Å². The highest BCUT2D eigenvalue weighted by Crippen LogP contribution is 2.97. The van der Waals surface area contributed by atoms with Crippen molar-refractivity contribution in [2.45, 2.75) is 6.42 Å². The van der Waals surface area contributed by atoms with Gasteiger partial charge in [0.1, 0.15) is 0 Å². The normalized spacial score (nSPS) is 19.8. The lowest BCUT2D eigenvalue weighted by Gasteiger charge is -2.40. The highest BCUT2D eigenvalue weighted by atomic mass is 32.5. The van der Waals surface area contributed by atoms with E-state index >= 15 is 0 Å². The van der Waals surface area contributed by atoms with Gasteiger partial charge in [0, 0.05) is 0 Å². The standard InChI is InChI=1S/C3H6F5OS/c4-10(5,6,7,8)3-1-2-9/h1-3H2. The van der Waals surface area contributed by atoms with Crippen LogP contribution in [0.25, 0.3) is 0 Å². The molecule has 1 radical (unpaired) electrons. The molecule has 0 aliphatic heterocycles. The quantitative estimate of drug-likeness (QED) is 0.602. The molecule has 0 saturated carbocycles. The Hall–Kier alpha value is -0.0400. The summed E-state index contributed by atoms with van der Waals surface area (Å²) in [5.74, 6) is -2.23. The van der Waals surface area contributed by atoms with Gasteiger partial charge in [-0.1, -0.05) is 19.4 Å². The van der Waals surface area contributed by atoms with Gasteiger partial charge in [-0.05, 0) is 6.42 Å². The van der Waals surface area contributed by atoms with Crippen LogP contribution in [0.1, 0.15) is 6.42 Å². The van der Waals surface area contributed by atoms with Gasteiger partial charge in [0.25, 0.3) is 10.2 Å². The second kappa shape index (κ2) is 1.76. The summed E-state index contributed by atoms with van der Waals surface area (Å²) in [6.07, 6.45) is -1.04. The molecule has 0 aromatic carbocycles. The molecule has 0 aliphatic carbocycles. The van der Waals surface area contributed by atoms with Gasteiger partial charge >= 0.3 is 0 Å². The summed E-state index contributed by atoms with van der Waals surface area (Å²) in [4.78, 5) is 0. The molecule has 0 N–H and O–H groups in total. The van der Waals surface area contributed by atoms with E-state index in [0.717, 1.165) is 0 Å². The third-order valence-electron chi connectivity index (χ3n) is 0.674. The molecule has 0 fully saturated rings. The second-order valence-electron chi connectivity index (χ2n) is 1.89. The average Bonchev–Trinajstić information content (AvgIpc) is 1.55. The van der Waals surface area contributed by atoms with Crippen LogP contribution in [0.15, 0.2) is 0 Å². The van der Waals surface area contributed by atoms with Crippen molar-refractivity contribution in [3.63, 3.8) is 0 Å². The van der Waals surface area contributed by atoms with Crippen LogP contribution in [0.4, 0.5) is 19.4 Å². The van der Waals surface area contributed by atoms with Gasteiger partial charge in [-0.15, -0.1) is 0 Å². The lowest BCUT2D eigenvalue weighted by molar-refractivity contribution is 0.190. The number of halogens is 5. The molecule has 0 atom stereocenters. The van der Waals surface area contributed by atoms with Crippen molar-refractivity contribution in [3.05, 3.63) is 0 Å². The van der Waals surface area contributed by atoms with E-state index < -0.39 is 29.0 Å². The topological polar surface area (TPSA) is 19.9 Å². The van der Waals surface area contributed by atoms with E-state index in [0.29, 0.717) is 0 Å². The van der Waals surface area contributed by atoms with Crippen LogP contribution in [0.5, 0.6) is 0 Å². The van der Waals surface area contributed by atoms with Crippen LogP contribution < -0.4 is 0 Å². The third kappa shape index (κ3) is 7.96. The SMILES string of the molecule is [O]CCCS(F)(F)(F)(F)F. The van der Waals surface area contributed by atoms with E-state index in [-0.39, 0.29) is 0 Å². The van der Waals surface area contributed by atoms with Crippen LogP contribution in [0, 0.1) is 0 Å². The van der Waals surface area contributed by atoms with Crippen molar-refractivity contribution in [2.24, 2.45) is 0 Å². The molecule has 0 unspecified atom stereocenters. The lowest BCUT2D eigenvalue weighted by atomic mass is 10.5. The van der Waals surface area contributed by atoms with Crippen molar-refractivity contribution >= 4 is 10.2 Å². The van der Waals surface area contributed by atoms with Gasteiger partial charge in [0.2, 0.25) is 0 Å². The largest absolute Gasteiger partial charge is 0.285 e. The Morgan fingerprint density at radius 3 is 1.50 bits per heavy atom. The Labute approximate surface area is 54.6 Å². The molecule has 0 heterocycles. The van der Waals surface area contributed by atoms with E-state index in [9.17, 15) is 24.5 Å². The summed E-state index contributed by atoms with van der Waals surface area (Å²) in [5.41, 5.74) is 0. The van der Waals surface area contributed by atoms with Crippen molar-refractivity contribution in [3.8, 4) is 0 Å². The number of hydrogen-bond donors (Lipinski definition) is 0. The molecule has 65 valence electrons. The van der Waals surface area contributed by atoms with Crippen LogP contribution >= 0.6 is 10.2 Å². The second-order valence-corrected chi connectivity index (χ2v) is 4.56. The fraction of sp³-hybridized carbons (Fsp3) is 1.00. The first-order chi connectivity index (χ1) is 4.04. The summed E-state index contributed by atoms with van der Waals surface area (Å²) in [6, 6.07) is 0. The Morgan fingerprint density at radius 1 is 1.00 bits per heavy atom. The monoisotopic (exact) mass is 185 g/mol. The third-order valence-corrected chi connectivity index (χ3v) is 1.73. The van der Waals surface area contributed by atoms with Crippen LogP contribution in [0.2, 0.25) is 0 Å². The molecule has 1 nitrogen and oxygen atoms in total. The minimum Gasteiger partial charge on any atom is -0.237 e. The first-order valence-electron chi connectivity index (χ1n) is 2.35. The first-order valence-corrected chi connectivity index (χ1v) is 4.47. The predicted octanol–water partition coefficient (Wildman–Crippen LogP) is 3.11.